The van der Waals surface area contributed by atoms with Gasteiger partial charge in [-0.2, -0.15) is 5.10 Å². The Kier molecular flexibility index (Phi) is 3.87. The molecule has 2 aromatic carbocycles. The van der Waals surface area contributed by atoms with Gasteiger partial charge in [-0.15, -0.1) is 5.10 Å². The second-order valence-corrected chi connectivity index (χ2v) is 4.99. The summed E-state index contributed by atoms with van der Waals surface area (Å²) in [6.45, 7) is 0.0918. The van der Waals surface area contributed by atoms with Gasteiger partial charge in [0.15, 0.2) is 0 Å². The molecule has 0 N–H and O–H groups in total. The molecular formula is C15H9ClFN5. The summed E-state index contributed by atoms with van der Waals surface area (Å²) in [7, 11) is 0. The Morgan fingerprint density at radius 3 is 2.91 bits per heavy atom. The van der Waals surface area contributed by atoms with Gasteiger partial charge in [-0.3, -0.25) is 0 Å². The quantitative estimate of drug-likeness (QED) is 0.392. The van der Waals surface area contributed by atoms with Crippen LogP contribution in [0.5, 0.6) is 0 Å². The van der Waals surface area contributed by atoms with E-state index in [4.69, 9.17) is 17.1 Å². The van der Waals surface area contributed by atoms with E-state index >= 15 is 0 Å². The van der Waals surface area contributed by atoms with Crippen LogP contribution in [0.3, 0.4) is 0 Å². The molecule has 0 fully saturated rings. The lowest BCUT2D eigenvalue weighted by Gasteiger charge is -2.12. The zero-order valence-electron chi connectivity index (χ0n) is 11.2. The molecule has 0 aliphatic heterocycles. The first-order chi connectivity index (χ1) is 10.7. The van der Waals surface area contributed by atoms with E-state index in [0.29, 0.717) is 32.6 Å². The Hall–Kier alpha value is -2.69. The normalized spacial score (nSPS) is 10.5. The molecule has 0 radical (unpaired) electrons. The Morgan fingerprint density at radius 1 is 1.27 bits per heavy atom. The molecule has 0 unspecified atom stereocenters. The first kappa shape index (κ1) is 14.3. The van der Waals surface area contributed by atoms with Crippen LogP contribution in [0.4, 0.5) is 4.39 Å². The summed E-state index contributed by atoms with van der Waals surface area (Å²) < 4.78 is 13.6. The van der Waals surface area contributed by atoms with E-state index in [1.54, 1.807) is 24.3 Å². The van der Waals surface area contributed by atoms with Gasteiger partial charge in [0.25, 0.3) is 0 Å². The molecule has 0 amide bonds. The maximum absolute atomic E-state index is 13.6. The third-order valence-electron chi connectivity index (χ3n) is 3.25. The number of azide groups is 1. The molecule has 1 heterocycles. The molecule has 0 bridgehead atoms. The van der Waals surface area contributed by atoms with Crippen LogP contribution in [0.2, 0.25) is 5.02 Å². The van der Waals surface area contributed by atoms with Crippen molar-refractivity contribution in [2.75, 3.05) is 0 Å². The summed E-state index contributed by atoms with van der Waals surface area (Å²) in [6.07, 6.45) is 1.54. The number of hydrogen-bond donors (Lipinski definition) is 0. The van der Waals surface area contributed by atoms with Crippen molar-refractivity contribution in [3.63, 3.8) is 0 Å². The highest BCUT2D eigenvalue weighted by Crippen LogP contribution is 2.35. The van der Waals surface area contributed by atoms with Crippen LogP contribution in [0.25, 0.3) is 32.5 Å². The fourth-order valence-corrected chi connectivity index (χ4v) is 2.65. The number of rotatable bonds is 3. The van der Waals surface area contributed by atoms with Crippen molar-refractivity contribution < 1.29 is 4.39 Å². The summed E-state index contributed by atoms with van der Waals surface area (Å²) >= 11 is 6.26. The molecule has 3 aromatic rings. The van der Waals surface area contributed by atoms with Crippen LogP contribution in [0.15, 0.2) is 47.7 Å². The summed E-state index contributed by atoms with van der Waals surface area (Å²) in [4.78, 5) is 2.76. The van der Waals surface area contributed by atoms with Crippen LogP contribution < -0.4 is 0 Å². The van der Waals surface area contributed by atoms with Crippen molar-refractivity contribution in [2.24, 2.45) is 5.11 Å². The van der Waals surface area contributed by atoms with E-state index in [2.05, 4.69) is 20.2 Å². The Bertz CT molecular complexity index is 906. The van der Waals surface area contributed by atoms with Crippen molar-refractivity contribution >= 4 is 22.5 Å². The van der Waals surface area contributed by atoms with E-state index in [1.165, 1.54) is 18.3 Å². The number of benzene rings is 2. The molecule has 7 heteroatoms. The minimum Gasteiger partial charge on any atom is -0.207 e. The zero-order valence-corrected chi connectivity index (χ0v) is 12.0. The lowest BCUT2D eigenvalue weighted by Crippen LogP contribution is -1.95. The minimum atomic E-state index is -0.362. The van der Waals surface area contributed by atoms with Gasteiger partial charge < -0.3 is 0 Å². The van der Waals surface area contributed by atoms with Crippen molar-refractivity contribution in [2.45, 2.75) is 6.54 Å². The highest BCUT2D eigenvalue weighted by Gasteiger charge is 2.14. The molecule has 0 aliphatic rings. The summed E-state index contributed by atoms with van der Waals surface area (Å²) in [6, 6.07) is 9.58. The first-order valence-corrected chi connectivity index (χ1v) is 6.78. The SMILES string of the molecule is [N-]=[N+]=NCc1cc(Cl)c2ccnnc2c1-c1cccc(F)c1. The van der Waals surface area contributed by atoms with Gasteiger partial charge in [0.1, 0.15) is 11.3 Å². The second kappa shape index (κ2) is 5.97. The smallest absolute Gasteiger partial charge is 0.123 e. The molecule has 108 valence electrons. The molecule has 22 heavy (non-hydrogen) atoms. The minimum absolute atomic E-state index is 0.0918. The van der Waals surface area contributed by atoms with Gasteiger partial charge in [-0.1, -0.05) is 28.8 Å². The molecule has 0 saturated heterocycles. The fourth-order valence-electron chi connectivity index (χ4n) is 2.36. The monoisotopic (exact) mass is 313 g/mol. The standard InChI is InChI=1S/C15H9ClFN5/c16-13-7-10(8-20-22-18)14(9-2-1-3-11(17)6-9)15-12(13)4-5-19-21-15/h1-7H,8H2. The van der Waals surface area contributed by atoms with E-state index in [9.17, 15) is 4.39 Å². The van der Waals surface area contributed by atoms with Gasteiger partial charge in [0.2, 0.25) is 0 Å². The van der Waals surface area contributed by atoms with Crippen molar-refractivity contribution in [3.8, 4) is 11.1 Å². The van der Waals surface area contributed by atoms with Crippen molar-refractivity contribution in [1.82, 2.24) is 10.2 Å². The maximum Gasteiger partial charge on any atom is 0.123 e. The average Bonchev–Trinajstić information content (AvgIpc) is 2.53. The Morgan fingerprint density at radius 2 is 2.14 bits per heavy atom. The Balaban J connectivity index is 2.38. The average molecular weight is 314 g/mol. The van der Waals surface area contributed by atoms with Crippen LogP contribution in [-0.4, -0.2) is 10.2 Å². The van der Waals surface area contributed by atoms with Gasteiger partial charge in [-0.25, -0.2) is 4.39 Å². The van der Waals surface area contributed by atoms with E-state index in [0.717, 1.165) is 0 Å². The molecule has 0 aliphatic carbocycles. The zero-order chi connectivity index (χ0) is 15.5. The highest BCUT2D eigenvalue weighted by atomic mass is 35.5. The molecule has 0 spiro atoms. The lowest BCUT2D eigenvalue weighted by molar-refractivity contribution is 0.628. The molecule has 3 rings (SSSR count). The molecule has 1 aromatic heterocycles. The lowest BCUT2D eigenvalue weighted by atomic mass is 9.96. The maximum atomic E-state index is 13.6. The van der Waals surface area contributed by atoms with Crippen molar-refractivity contribution in [1.29, 1.82) is 0 Å². The van der Waals surface area contributed by atoms with Crippen LogP contribution in [0.1, 0.15) is 5.56 Å². The van der Waals surface area contributed by atoms with E-state index < -0.39 is 0 Å². The molecule has 0 atom stereocenters. The van der Waals surface area contributed by atoms with Gasteiger partial charge in [-0.05, 0) is 40.9 Å². The summed E-state index contributed by atoms with van der Waals surface area (Å²) in [5.41, 5.74) is 11.1. The van der Waals surface area contributed by atoms with Gasteiger partial charge in [0.05, 0.1) is 17.8 Å². The predicted molar refractivity (Wildman–Crippen MR) is 82.8 cm³/mol. The predicted octanol–water partition coefficient (Wildman–Crippen LogP) is 4.90. The third-order valence-corrected chi connectivity index (χ3v) is 3.57. The third kappa shape index (κ3) is 2.57. The number of aromatic nitrogens is 2. The van der Waals surface area contributed by atoms with Gasteiger partial charge in [0, 0.05) is 15.9 Å². The number of hydrogen-bond acceptors (Lipinski definition) is 3. The van der Waals surface area contributed by atoms with E-state index in [-0.39, 0.29) is 12.4 Å². The number of nitrogens with zero attached hydrogens (tertiary/aromatic N) is 5. The Labute approximate surface area is 130 Å². The second-order valence-electron chi connectivity index (χ2n) is 4.59. The van der Waals surface area contributed by atoms with Crippen LogP contribution in [0, 0.1) is 5.82 Å². The number of fused-ring (bicyclic) bond motifs is 1. The van der Waals surface area contributed by atoms with Gasteiger partial charge >= 0.3 is 0 Å². The van der Waals surface area contributed by atoms with Crippen LogP contribution in [-0.2, 0) is 6.54 Å². The van der Waals surface area contributed by atoms with Crippen molar-refractivity contribution in [3.05, 3.63) is 69.4 Å². The molecular weight excluding hydrogens is 305 g/mol. The van der Waals surface area contributed by atoms with E-state index in [1.807, 2.05) is 0 Å². The fraction of sp³-hybridized carbons (Fsp3) is 0.0667. The van der Waals surface area contributed by atoms with Crippen LogP contribution >= 0.6 is 11.6 Å². The highest BCUT2D eigenvalue weighted by molar-refractivity contribution is 6.36. The molecule has 5 nitrogen and oxygen atoms in total. The summed E-state index contributed by atoms with van der Waals surface area (Å²) in [5, 5.41) is 12.8. The molecule has 0 saturated carbocycles. The number of halogens is 2. The largest absolute Gasteiger partial charge is 0.207 e. The first-order valence-electron chi connectivity index (χ1n) is 6.40. The topological polar surface area (TPSA) is 74.5 Å². The summed E-state index contributed by atoms with van der Waals surface area (Å²) in [5.74, 6) is -0.362.